The fourth-order valence-electron chi connectivity index (χ4n) is 5.03. The molecule has 1 heterocycles. The van der Waals surface area contributed by atoms with Crippen molar-refractivity contribution in [3.05, 3.63) is 29.8 Å². The minimum atomic E-state index is 0.142. The number of hydrogen-bond acceptors (Lipinski definition) is 3. The minimum Gasteiger partial charge on any atom is -0.508 e. The Morgan fingerprint density at radius 2 is 2.04 bits per heavy atom. The Morgan fingerprint density at radius 3 is 2.72 bits per heavy atom. The molecule has 1 saturated carbocycles. The zero-order valence-corrected chi connectivity index (χ0v) is 16.1. The molecule has 140 valence electrons. The Bertz CT molecular complexity index is 555. The maximum Gasteiger partial charge on any atom is 0.115 e. The number of hydrogen-bond donors (Lipinski definition) is 2. The molecule has 3 unspecified atom stereocenters. The van der Waals surface area contributed by atoms with Gasteiger partial charge in [-0.1, -0.05) is 58.1 Å². The van der Waals surface area contributed by atoms with Crippen molar-refractivity contribution in [2.45, 2.75) is 70.3 Å². The van der Waals surface area contributed by atoms with Crippen LogP contribution in [-0.4, -0.2) is 35.7 Å². The Hall–Kier alpha value is -1.06. The maximum atomic E-state index is 9.84. The lowest BCUT2D eigenvalue weighted by Gasteiger charge is -2.46. The molecule has 1 aromatic rings. The van der Waals surface area contributed by atoms with E-state index in [1.54, 1.807) is 6.07 Å². The molecule has 3 atom stereocenters. The number of aromatic hydroxyl groups is 1. The summed E-state index contributed by atoms with van der Waals surface area (Å²) in [6.07, 6.45) is 9.34. The van der Waals surface area contributed by atoms with Gasteiger partial charge in [0.1, 0.15) is 5.75 Å². The van der Waals surface area contributed by atoms with Gasteiger partial charge in [0.2, 0.25) is 0 Å². The van der Waals surface area contributed by atoms with Gasteiger partial charge in [-0.15, -0.1) is 0 Å². The van der Waals surface area contributed by atoms with Crippen LogP contribution in [0, 0.1) is 11.8 Å². The molecule has 1 aliphatic heterocycles. The number of likely N-dealkylation sites (tertiary alicyclic amines) is 1. The van der Waals surface area contributed by atoms with Crippen molar-refractivity contribution in [3.63, 3.8) is 0 Å². The van der Waals surface area contributed by atoms with Crippen LogP contribution in [0.5, 0.6) is 5.75 Å². The second kappa shape index (κ2) is 8.09. The summed E-state index contributed by atoms with van der Waals surface area (Å²) >= 11 is 0. The highest BCUT2D eigenvalue weighted by molar-refractivity contribution is 5.33. The van der Waals surface area contributed by atoms with Crippen molar-refractivity contribution in [2.24, 2.45) is 17.6 Å². The first-order valence-electron chi connectivity index (χ1n) is 10.2. The van der Waals surface area contributed by atoms with Crippen LogP contribution in [0.25, 0.3) is 0 Å². The van der Waals surface area contributed by atoms with E-state index in [-0.39, 0.29) is 5.41 Å². The van der Waals surface area contributed by atoms with Crippen molar-refractivity contribution >= 4 is 0 Å². The molecule has 1 saturated heterocycles. The molecule has 2 fully saturated rings. The Balaban J connectivity index is 1.54. The van der Waals surface area contributed by atoms with Crippen LogP contribution < -0.4 is 5.73 Å². The lowest BCUT2D eigenvalue weighted by atomic mass is 9.68. The zero-order chi connectivity index (χ0) is 17.9. The third-order valence-electron chi connectivity index (χ3n) is 6.93. The summed E-state index contributed by atoms with van der Waals surface area (Å²) in [5.41, 5.74) is 7.92. The average molecular weight is 345 g/mol. The predicted octanol–water partition coefficient (Wildman–Crippen LogP) is 4.29. The quantitative estimate of drug-likeness (QED) is 0.838. The highest BCUT2D eigenvalue weighted by Crippen LogP contribution is 2.40. The van der Waals surface area contributed by atoms with Crippen molar-refractivity contribution < 1.29 is 5.11 Å². The standard InChI is InChI=1S/C22H36N2O/c1-17-15-24(16-20(23)13-18-7-4-3-5-8-18)12-11-22(17,2)19-9-6-10-21(25)14-19/h6,9-10,14,17-18,20,25H,3-5,7-8,11-13,15-16,23H2,1-2H3. The molecule has 1 aliphatic carbocycles. The largest absolute Gasteiger partial charge is 0.508 e. The van der Waals surface area contributed by atoms with Gasteiger partial charge in [-0.25, -0.2) is 0 Å². The van der Waals surface area contributed by atoms with E-state index in [1.807, 2.05) is 12.1 Å². The van der Waals surface area contributed by atoms with Crippen molar-refractivity contribution in [1.29, 1.82) is 0 Å². The molecule has 25 heavy (non-hydrogen) atoms. The molecule has 0 amide bonds. The second-order valence-corrected chi connectivity index (χ2v) is 8.88. The van der Waals surface area contributed by atoms with E-state index in [4.69, 9.17) is 5.73 Å². The van der Waals surface area contributed by atoms with Crippen LogP contribution in [0.3, 0.4) is 0 Å². The average Bonchev–Trinajstić information content (AvgIpc) is 2.59. The molecule has 2 aliphatic rings. The summed E-state index contributed by atoms with van der Waals surface area (Å²) in [7, 11) is 0. The molecule has 3 N–H and O–H groups in total. The van der Waals surface area contributed by atoms with Gasteiger partial charge in [0.05, 0.1) is 0 Å². The summed E-state index contributed by atoms with van der Waals surface area (Å²) < 4.78 is 0. The highest BCUT2D eigenvalue weighted by Gasteiger charge is 2.38. The van der Waals surface area contributed by atoms with Gasteiger partial charge < -0.3 is 15.7 Å². The number of nitrogens with zero attached hydrogens (tertiary/aromatic N) is 1. The van der Waals surface area contributed by atoms with Crippen LogP contribution in [0.2, 0.25) is 0 Å². The van der Waals surface area contributed by atoms with Gasteiger partial charge in [0, 0.05) is 19.1 Å². The van der Waals surface area contributed by atoms with Crippen molar-refractivity contribution in [1.82, 2.24) is 4.90 Å². The number of benzene rings is 1. The Kier molecular flexibility index (Phi) is 6.06. The topological polar surface area (TPSA) is 49.5 Å². The molecule has 3 nitrogen and oxygen atoms in total. The first-order valence-corrected chi connectivity index (χ1v) is 10.2. The van der Waals surface area contributed by atoms with Crippen molar-refractivity contribution in [2.75, 3.05) is 19.6 Å². The van der Waals surface area contributed by atoms with Crippen LogP contribution >= 0.6 is 0 Å². The number of phenolic OH excluding ortho intramolecular Hbond substituents is 1. The first-order chi connectivity index (χ1) is 12.0. The molecule has 0 bridgehead atoms. The monoisotopic (exact) mass is 344 g/mol. The van der Waals surface area contributed by atoms with Gasteiger partial charge >= 0.3 is 0 Å². The third kappa shape index (κ3) is 4.57. The van der Waals surface area contributed by atoms with E-state index in [2.05, 4.69) is 24.8 Å². The zero-order valence-electron chi connectivity index (χ0n) is 16.1. The third-order valence-corrected chi connectivity index (χ3v) is 6.93. The van der Waals surface area contributed by atoms with Gasteiger partial charge in [-0.05, 0) is 54.3 Å². The molecular formula is C22H36N2O. The minimum absolute atomic E-state index is 0.142. The van der Waals surface area contributed by atoms with Gasteiger partial charge in [0.15, 0.2) is 0 Å². The highest BCUT2D eigenvalue weighted by atomic mass is 16.3. The summed E-state index contributed by atoms with van der Waals surface area (Å²) in [4.78, 5) is 2.57. The van der Waals surface area contributed by atoms with Crippen LogP contribution in [0.4, 0.5) is 0 Å². The normalized spacial score (nSPS) is 30.3. The first kappa shape index (κ1) is 18.7. The van der Waals surface area contributed by atoms with Crippen LogP contribution in [0.15, 0.2) is 24.3 Å². The summed E-state index contributed by atoms with van der Waals surface area (Å²) in [5.74, 6) is 1.80. The van der Waals surface area contributed by atoms with E-state index in [1.165, 1.54) is 44.1 Å². The Labute approximate surface area is 153 Å². The van der Waals surface area contributed by atoms with E-state index in [0.717, 1.165) is 32.0 Å². The van der Waals surface area contributed by atoms with Crippen molar-refractivity contribution in [3.8, 4) is 5.75 Å². The molecule has 0 aromatic heterocycles. The fourth-order valence-corrected chi connectivity index (χ4v) is 5.03. The van der Waals surface area contributed by atoms with E-state index in [9.17, 15) is 5.11 Å². The van der Waals surface area contributed by atoms with Gasteiger partial charge in [-0.3, -0.25) is 0 Å². The smallest absolute Gasteiger partial charge is 0.115 e. The molecule has 0 spiro atoms. The second-order valence-electron chi connectivity index (χ2n) is 8.88. The lowest BCUT2D eigenvalue weighted by Crippen LogP contribution is -2.50. The Morgan fingerprint density at radius 1 is 1.28 bits per heavy atom. The summed E-state index contributed by atoms with van der Waals surface area (Å²) in [6, 6.07) is 8.16. The summed E-state index contributed by atoms with van der Waals surface area (Å²) in [5, 5.41) is 9.84. The number of piperidine rings is 1. The number of nitrogens with two attached hydrogens (primary N) is 1. The summed E-state index contributed by atoms with van der Waals surface area (Å²) in [6.45, 7) is 7.95. The van der Waals surface area contributed by atoms with E-state index < -0.39 is 0 Å². The SMILES string of the molecule is CC1CN(CC(N)CC2CCCCC2)CCC1(C)c1cccc(O)c1. The van der Waals surface area contributed by atoms with Gasteiger partial charge in [0.25, 0.3) is 0 Å². The molecule has 3 rings (SSSR count). The molecule has 1 aromatic carbocycles. The van der Waals surface area contributed by atoms with Crippen LogP contribution in [0.1, 0.15) is 64.4 Å². The predicted molar refractivity (Wildman–Crippen MR) is 105 cm³/mol. The number of phenols is 1. The van der Waals surface area contributed by atoms with Crippen LogP contribution in [-0.2, 0) is 5.41 Å². The fraction of sp³-hybridized carbons (Fsp3) is 0.727. The lowest BCUT2D eigenvalue weighted by molar-refractivity contribution is 0.102. The van der Waals surface area contributed by atoms with E-state index >= 15 is 0 Å². The molecule has 0 radical (unpaired) electrons. The number of rotatable bonds is 5. The molecule has 3 heteroatoms. The van der Waals surface area contributed by atoms with Gasteiger partial charge in [-0.2, -0.15) is 0 Å². The molecular weight excluding hydrogens is 308 g/mol. The maximum absolute atomic E-state index is 9.84. The van der Waals surface area contributed by atoms with E-state index in [0.29, 0.717) is 17.7 Å².